The number of aryl methyl sites for hydroxylation is 1. The summed E-state index contributed by atoms with van der Waals surface area (Å²) in [6, 6.07) is 7.87. The Morgan fingerprint density at radius 3 is 2.95 bits per heavy atom. The van der Waals surface area contributed by atoms with Crippen molar-refractivity contribution in [3.63, 3.8) is 0 Å². The molecule has 1 heterocycles. The van der Waals surface area contributed by atoms with Crippen LogP contribution in [0.25, 0.3) is 10.6 Å². The van der Waals surface area contributed by atoms with Gasteiger partial charge in [-0.2, -0.15) is 0 Å². The van der Waals surface area contributed by atoms with Crippen molar-refractivity contribution in [2.45, 2.75) is 20.4 Å². The van der Waals surface area contributed by atoms with E-state index in [0.717, 1.165) is 21.0 Å². The van der Waals surface area contributed by atoms with Crippen LogP contribution in [0.5, 0.6) is 0 Å². The molecule has 1 aromatic carbocycles. The van der Waals surface area contributed by atoms with Crippen LogP contribution in [-0.2, 0) is 11.3 Å². The van der Waals surface area contributed by atoms with Gasteiger partial charge in [0.1, 0.15) is 5.01 Å². The van der Waals surface area contributed by atoms with Gasteiger partial charge in [0, 0.05) is 17.0 Å². The summed E-state index contributed by atoms with van der Waals surface area (Å²) in [4.78, 5) is 17.0. The van der Waals surface area contributed by atoms with Crippen LogP contribution in [0.1, 0.15) is 27.9 Å². The monoisotopic (exact) mass is 276 g/mol. The van der Waals surface area contributed by atoms with Gasteiger partial charge in [-0.15, -0.1) is 11.3 Å². The number of hydrogen-bond acceptors (Lipinski definition) is 5. The lowest BCUT2D eigenvalue weighted by atomic mass is 10.1. The summed E-state index contributed by atoms with van der Waals surface area (Å²) in [5, 5.41) is 0.816. The lowest BCUT2D eigenvalue weighted by Gasteiger charge is -2.00. The SMILES string of the molecule is CCOC(=O)c1nc(-c2cccc(CN)c2)sc1C. The highest BCUT2D eigenvalue weighted by atomic mass is 32.1. The molecular weight excluding hydrogens is 260 g/mol. The normalized spacial score (nSPS) is 10.5. The van der Waals surface area contributed by atoms with Crippen molar-refractivity contribution in [3.8, 4) is 10.6 Å². The minimum atomic E-state index is -0.363. The molecule has 1 aromatic heterocycles. The molecule has 0 amide bonds. The van der Waals surface area contributed by atoms with E-state index >= 15 is 0 Å². The number of aromatic nitrogens is 1. The summed E-state index contributed by atoms with van der Waals surface area (Å²) in [6.45, 7) is 4.50. The van der Waals surface area contributed by atoms with E-state index in [0.29, 0.717) is 18.8 Å². The quantitative estimate of drug-likeness (QED) is 0.872. The van der Waals surface area contributed by atoms with Gasteiger partial charge < -0.3 is 10.5 Å². The molecule has 100 valence electrons. The smallest absolute Gasteiger partial charge is 0.358 e. The van der Waals surface area contributed by atoms with Gasteiger partial charge in [0.2, 0.25) is 0 Å². The van der Waals surface area contributed by atoms with E-state index in [4.69, 9.17) is 10.5 Å². The number of ether oxygens (including phenoxy) is 1. The second-order valence-electron chi connectivity index (χ2n) is 4.05. The van der Waals surface area contributed by atoms with Gasteiger partial charge in [0.15, 0.2) is 5.69 Å². The number of thiazole rings is 1. The second-order valence-corrected chi connectivity index (χ2v) is 5.25. The third kappa shape index (κ3) is 3.00. The first kappa shape index (κ1) is 13.7. The molecular formula is C14H16N2O2S. The van der Waals surface area contributed by atoms with Crippen LogP contribution in [0.15, 0.2) is 24.3 Å². The van der Waals surface area contributed by atoms with Gasteiger partial charge in [-0.25, -0.2) is 9.78 Å². The van der Waals surface area contributed by atoms with E-state index < -0.39 is 0 Å². The molecule has 0 saturated carbocycles. The first-order chi connectivity index (χ1) is 9.15. The van der Waals surface area contributed by atoms with E-state index in [1.807, 2.05) is 31.2 Å². The first-order valence-electron chi connectivity index (χ1n) is 6.09. The number of nitrogens with zero attached hydrogens (tertiary/aromatic N) is 1. The average molecular weight is 276 g/mol. The van der Waals surface area contributed by atoms with E-state index in [9.17, 15) is 4.79 Å². The van der Waals surface area contributed by atoms with Crippen LogP contribution in [0.2, 0.25) is 0 Å². The van der Waals surface area contributed by atoms with Crippen molar-refractivity contribution in [1.29, 1.82) is 0 Å². The zero-order valence-corrected chi connectivity index (χ0v) is 11.8. The van der Waals surface area contributed by atoms with E-state index in [1.165, 1.54) is 11.3 Å². The lowest BCUT2D eigenvalue weighted by Crippen LogP contribution is -2.06. The Labute approximate surface area is 116 Å². The van der Waals surface area contributed by atoms with Crippen molar-refractivity contribution in [3.05, 3.63) is 40.4 Å². The Bertz CT molecular complexity index is 593. The summed E-state index contributed by atoms with van der Waals surface area (Å²) in [5.74, 6) is -0.363. The standard InChI is InChI=1S/C14H16N2O2S/c1-3-18-14(17)12-9(2)19-13(16-12)11-6-4-5-10(7-11)8-15/h4-7H,3,8,15H2,1-2H3. The molecule has 0 unspecified atom stereocenters. The summed E-state index contributed by atoms with van der Waals surface area (Å²) in [5.41, 5.74) is 8.05. The van der Waals surface area contributed by atoms with Crippen LogP contribution < -0.4 is 5.73 Å². The van der Waals surface area contributed by atoms with Crippen LogP contribution in [-0.4, -0.2) is 17.6 Å². The molecule has 0 radical (unpaired) electrons. The fourth-order valence-corrected chi connectivity index (χ4v) is 2.64. The third-order valence-corrected chi connectivity index (χ3v) is 3.69. The fraction of sp³-hybridized carbons (Fsp3) is 0.286. The Hall–Kier alpha value is -1.72. The Kier molecular flexibility index (Phi) is 4.29. The molecule has 2 N–H and O–H groups in total. The highest BCUT2D eigenvalue weighted by Gasteiger charge is 2.17. The molecule has 0 aliphatic carbocycles. The second kappa shape index (κ2) is 5.95. The van der Waals surface area contributed by atoms with E-state index in [1.54, 1.807) is 6.92 Å². The van der Waals surface area contributed by atoms with Crippen molar-refractivity contribution in [1.82, 2.24) is 4.98 Å². The number of hydrogen-bond donors (Lipinski definition) is 1. The molecule has 5 heteroatoms. The largest absolute Gasteiger partial charge is 0.461 e. The minimum Gasteiger partial charge on any atom is -0.461 e. The number of esters is 1. The Morgan fingerprint density at radius 2 is 2.26 bits per heavy atom. The minimum absolute atomic E-state index is 0.355. The molecule has 19 heavy (non-hydrogen) atoms. The Balaban J connectivity index is 2.36. The van der Waals surface area contributed by atoms with Gasteiger partial charge in [-0.3, -0.25) is 0 Å². The van der Waals surface area contributed by atoms with Gasteiger partial charge in [0.25, 0.3) is 0 Å². The fourth-order valence-electron chi connectivity index (χ4n) is 1.74. The molecule has 0 saturated heterocycles. The third-order valence-electron chi connectivity index (χ3n) is 2.68. The maximum Gasteiger partial charge on any atom is 0.358 e. The van der Waals surface area contributed by atoms with Gasteiger partial charge in [-0.1, -0.05) is 18.2 Å². The highest BCUT2D eigenvalue weighted by Crippen LogP contribution is 2.28. The van der Waals surface area contributed by atoms with E-state index in [2.05, 4.69) is 4.98 Å². The van der Waals surface area contributed by atoms with Crippen molar-refractivity contribution in [2.75, 3.05) is 6.61 Å². The lowest BCUT2D eigenvalue weighted by molar-refractivity contribution is 0.0519. The molecule has 2 rings (SSSR count). The maximum absolute atomic E-state index is 11.7. The number of carbonyl (C=O) groups is 1. The van der Waals surface area contributed by atoms with Crippen molar-refractivity contribution < 1.29 is 9.53 Å². The number of benzene rings is 1. The van der Waals surface area contributed by atoms with Gasteiger partial charge >= 0.3 is 5.97 Å². The van der Waals surface area contributed by atoms with Crippen LogP contribution >= 0.6 is 11.3 Å². The number of rotatable bonds is 4. The van der Waals surface area contributed by atoms with Gasteiger partial charge in [0.05, 0.1) is 6.61 Å². The molecule has 2 aromatic rings. The van der Waals surface area contributed by atoms with E-state index in [-0.39, 0.29) is 5.97 Å². The predicted molar refractivity (Wildman–Crippen MR) is 76.1 cm³/mol. The van der Waals surface area contributed by atoms with Crippen LogP contribution in [0.4, 0.5) is 0 Å². The summed E-state index contributed by atoms with van der Waals surface area (Å²) in [7, 11) is 0. The summed E-state index contributed by atoms with van der Waals surface area (Å²) >= 11 is 1.49. The number of nitrogens with two attached hydrogens (primary N) is 1. The molecule has 0 spiro atoms. The molecule has 0 bridgehead atoms. The zero-order valence-electron chi connectivity index (χ0n) is 11.0. The maximum atomic E-state index is 11.7. The molecule has 4 nitrogen and oxygen atoms in total. The van der Waals surface area contributed by atoms with Crippen molar-refractivity contribution >= 4 is 17.3 Å². The Morgan fingerprint density at radius 1 is 1.47 bits per heavy atom. The topological polar surface area (TPSA) is 65.2 Å². The predicted octanol–water partition coefficient (Wildman–Crippen LogP) is 2.75. The highest BCUT2D eigenvalue weighted by molar-refractivity contribution is 7.15. The summed E-state index contributed by atoms with van der Waals surface area (Å²) in [6.07, 6.45) is 0. The molecule has 0 aliphatic heterocycles. The van der Waals surface area contributed by atoms with Crippen LogP contribution in [0.3, 0.4) is 0 Å². The summed E-state index contributed by atoms with van der Waals surface area (Å²) < 4.78 is 4.99. The van der Waals surface area contributed by atoms with Crippen LogP contribution in [0, 0.1) is 6.92 Å². The van der Waals surface area contributed by atoms with Gasteiger partial charge in [-0.05, 0) is 25.5 Å². The molecule has 0 fully saturated rings. The molecule has 0 aliphatic rings. The molecule has 0 atom stereocenters. The van der Waals surface area contributed by atoms with Crippen molar-refractivity contribution in [2.24, 2.45) is 5.73 Å². The number of carbonyl (C=O) groups excluding carboxylic acids is 1. The average Bonchev–Trinajstić information content (AvgIpc) is 2.81. The first-order valence-corrected chi connectivity index (χ1v) is 6.91. The zero-order chi connectivity index (χ0) is 13.8.